The number of nitro benzene ring substituents is 1. The van der Waals surface area contributed by atoms with Crippen LogP contribution in [0.15, 0.2) is 42.5 Å². The van der Waals surface area contributed by atoms with Gasteiger partial charge in [-0.1, -0.05) is 23.7 Å². The number of halogens is 1. The lowest BCUT2D eigenvalue weighted by atomic mass is 10.2. The number of carbonyl (C=O) groups is 2. The van der Waals surface area contributed by atoms with Gasteiger partial charge >= 0.3 is 5.97 Å². The van der Waals surface area contributed by atoms with Crippen molar-refractivity contribution < 1.29 is 19.2 Å². The minimum Gasteiger partial charge on any atom is -0.457 e. The number of nitrogens with zero attached hydrogens (tertiary/aromatic N) is 2. The van der Waals surface area contributed by atoms with Gasteiger partial charge in [-0.15, -0.1) is 11.3 Å². The lowest BCUT2D eigenvalue weighted by molar-refractivity contribution is -0.384. The Bertz CT molecular complexity index is 1000. The number of aromatic nitrogens is 1. The van der Waals surface area contributed by atoms with E-state index in [2.05, 4.69) is 10.3 Å². The van der Waals surface area contributed by atoms with E-state index in [0.717, 1.165) is 22.3 Å². The summed E-state index contributed by atoms with van der Waals surface area (Å²) in [6, 6.07) is 11.0. The number of hydrogen-bond acceptors (Lipinski definition) is 7. The molecule has 27 heavy (non-hydrogen) atoms. The maximum Gasteiger partial charge on any atom is 0.325 e. The molecule has 0 saturated heterocycles. The lowest BCUT2D eigenvalue weighted by Gasteiger charge is -2.06. The number of amides is 1. The van der Waals surface area contributed by atoms with E-state index in [-0.39, 0.29) is 29.4 Å². The first kappa shape index (κ1) is 18.7. The third-order valence-electron chi connectivity index (χ3n) is 3.44. The molecule has 0 aliphatic heterocycles. The highest BCUT2D eigenvalue weighted by Crippen LogP contribution is 2.22. The highest BCUT2D eigenvalue weighted by Gasteiger charge is 2.15. The van der Waals surface area contributed by atoms with Crippen molar-refractivity contribution in [3.05, 3.63) is 68.2 Å². The molecule has 3 aromatic rings. The molecule has 10 heteroatoms. The fourth-order valence-electron chi connectivity index (χ4n) is 2.24. The number of ether oxygens (including phenoxy) is 1. The van der Waals surface area contributed by atoms with Crippen LogP contribution in [-0.2, 0) is 16.1 Å². The minimum atomic E-state index is -0.669. The Balaban J connectivity index is 1.54. The van der Waals surface area contributed by atoms with Gasteiger partial charge in [0.25, 0.3) is 11.6 Å². The Morgan fingerprint density at radius 3 is 2.78 bits per heavy atom. The second-order valence-electron chi connectivity index (χ2n) is 5.37. The van der Waals surface area contributed by atoms with Crippen molar-refractivity contribution in [2.24, 2.45) is 0 Å². The van der Waals surface area contributed by atoms with Crippen LogP contribution in [0.4, 0.5) is 5.69 Å². The van der Waals surface area contributed by atoms with Gasteiger partial charge in [0.15, 0.2) is 0 Å². The number of carbonyl (C=O) groups excluding carboxylic acids is 2. The number of fused-ring (bicyclic) bond motifs is 1. The molecule has 1 aromatic heterocycles. The first-order valence-corrected chi connectivity index (χ1v) is 8.85. The quantitative estimate of drug-likeness (QED) is 0.382. The zero-order chi connectivity index (χ0) is 19.4. The van der Waals surface area contributed by atoms with Gasteiger partial charge in [-0.3, -0.25) is 19.7 Å². The van der Waals surface area contributed by atoms with Crippen LogP contribution in [0.5, 0.6) is 0 Å². The Morgan fingerprint density at radius 1 is 1.26 bits per heavy atom. The highest BCUT2D eigenvalue weighted by molar-refractivity contribution is 7.18. The normalized spacial score (nSPS) is 10.6. The van der Waals surface area contributed by atoms with Crippen LogP contribution in [0.2, 0.25) is 5.02 Å². The molecule has 0 unspecified atom stereocenters. The number of nitro groups is 1. The summed E-state index contributed by atoms with van der Waals surface area (Å²) in [4.78, 5) is 38.4. The average Bonchev–Trinajstić information content (AvgIpc) is 3.06. The summed E-state index contributed by atoms with van der Waals surface area (Å²) >= 11 is 7.18. The summed E-state index contributed by atoms with van der Waals surface area (Å²) < 4.78 is 6.08. The molecular weight excluding hydrogens is 394 g/mol. The van der Waals surface area contributed by atoms with Gasteiger partial charge in [-0.2, -0.15) is 0 Å². The fraction of sp³-hybridized carbons (Fsp3) is 0.118. The number of thiazole rings is 1. The number of esters is 1. The van der Waals surface area contributed by atoms with E-state index in [4.69, 9.17) is 16.3 Å². The van der Waals surface area contributed by atoms with Crippen LogP contribution in [0.25, 0.3) is 10.2 Å². The monoisotopic (exact) mass is 405 g/mol. The van der Waals surface area contributed by atoms with Gasteiger partial charge in [0.1, 0.15) is 18.2 Å². The molecule has 138 valence electrons. The molecule has 0 saturated carbocycles. The molecule has 0 radical (unpaired) electrons. The van der Waals surface area contributed by atoms with E-state index in [1.54, 1.807) is 0 Å². The number of para-hydroxylation sites is 1. The zero-order valence-corrected chi connectivity index (χ0v) is 15.2. The highest BCUT2D eigenvalue weighted by atomic mass is 35.5. The van der Waals surface area contributed by atoms with Crippen molar-refractivity contribution >= 4 is 50.7 Å². The second kappa shape index (κ2) is 8.11. The zero-order valence-electron chi connectivity index (χ0n) is 13.7. The molecule has 2 aromatic carbocycles. The van der Waals surface area contributed by atoms with Crippen LogP contribution in [-0.4, -0.2) is 28.3 Å². The largest absolute Gasteiger partial charge is 0.457 e. The van der Waals surface area contributed by atoms with E-state index in [1.165, 1.54) is 17.4 Å². The summed E-state index contributed by atoms with van der Waals surface area (Å²) in [6.07, 6.45) is 0. The minimum absolute atomic E-state index is 0.00329. The summed E-state index contributed by atoms with van der Waals surface area (Å²) in [5, 5.41) is 13.8. The molecule has 1 heterocycles. The van der Waals surface area contributed by atoms with Crippen molar-refractivity contribution in [3.63, 3.8) is 0 Å². The number of rotatable bonds is 6. The SMILES string of the molecule is O=C(CNC(=O)c1cc(Cl)cc([N+](=O)[O-])c1)OCc1nc2ccccc2s1. The number of nitrogens with one attached hydrogen (secondary N) is 1. The van der Waals surface area contributed by atoms with E-state index < -0.39 is 16.8 Å². The second-order valence-corrected chi connectivity index (χ2v) is 6.93. The maximum absolute atomic E-state index is 12.1. The van der Waals surface area contributed by atoms with Crippen LogP contribution in [0, 0.1) is 10.1 Å². The van der Waals surface area contributed by atoms with Crippen molar-refractivity contribution in [3.8, 4) is 0 Å². The van der Waals surface area contributed by atoms with Gasteiger partial charge in [-0.25, -0.2) is 4.98 Å². The molecule has 3 rings (SSSR count). The van der Waals surface area contributed by atoms with Gasteiger partial charge < -0.3 is 10.1 Å². The van der Waals surface area contributed by atoms with Crippen molar-refractivity contribution in [1.29, 1.82) is 0 Å². The van der Waals surface area contributed by atoms with E-state index in [9.17, 15) is 19.7 Å². The molecule has 0 aliphatic rings. The summed E-state index contributed by atoms with van der Waals surface area (Å²) in [5.41, 5.74) is 0.489. The first-order valence-electron chi connectivity index (χ1n) is 7.65. The first-order chi connectivity index (χ1) is 12.9. The Kier molecular flexibility index (Phi) is 5.63. The summed E-state index contributed by atoms with van der Waals surface area (Å²) in [7, 11) is 0. The number of benzene rings is 2. The number of hydrogen-bond donors (Lipinski definition) is 1. The molecule has 0 atom stereocenters. The van der Waals surface area contributed by atoms with Gasteiger partial charge in [0.05, 0.1) is 15.1 Å². The van der Waals surface area contributed by atoms with Crippen molar-refractivity contribution in [2.75, 3.05) is 6.54 Å². The third kappa shape index (κ3) is 4.78. The number of non-ortho nitro benzene ring substituents is 1. The molecule has 1 amide bonds. The Labute approximate surface area is 161 Å². The summed E-state index contributed by atoms with van der Waals surface area (Å²) in [5.74, 6) is -1.32. The van der Waals surface area contributed by atoms with E-state index in [0.29, 0.717) is 5.01 Å². The molecule has 8 nitrogen and oxygen atoms in total. The van der Waals surface area contributed by atoms with Gasteiger partial charge in [-0.05, 0) is 18.2 Å². The topological polar surface area (TPSA) is 111 Å². The third-order valence-corrected chi connectivity index (χ3v) is 4.67. The van der Waals surface area contributed by atoms with Crippen LogP contribution in [0.1, 0.15) is 15.4 Å². The van der Waals surface area contributed by atoms with E-state index in [1.807, 2.05) is 24.3 Å². The maximum atomic E-state index is 12.1. The average molecular weight is 406 g/mol. The predicted octanol–water partition coefficient (Wildman–Crippen LogP) is 3.33. The Hall–Kier alpha value is -3.04. The molecular formula is C17H12ClN3O5S. The molecule has 0 aliphatic carbocycles. The standard InChI is InChI=1S/C17H12ClN3O5S/c18-11-5-10(6-12(7-11)21(24)25)17(23)19-8-16(22)26-9-15-20-13-3-1-2-4-14(13)27-15/h1-7H,8-9H2,(H,19,23). The van der Waals surface area contributed by atoms with E-state index >= 15 is 0 Å². The van der Waals surface area contributed by atoms with Crippen LogP contribution >= 0.6 is 22.9 Å². The molecule has 0 spiro atoms. The summed E-state index contributed by atoms with van der Waals surface area (Å²) in [6.45, 7) is -0.388. The Morgan fingerprint density at radius 2 is 2.04 bits per heavy atom. The lowest BCUT2D eigenvalue weighted by Crippen LogP contribution is -2.30. The predicted molar refractivity (Wildman–Crippen MR) is 99.9 cm³/mol. The van der Waals surface area contributed by atoms with Gasteiger partial charge in [0, 0.05) is 22.7 Å². The van der Waals surface area contributed by atoms with Crippen LogP contribution < -0.4 is 5.32 Å². The molecule has 0 fully saturated rings. The fourth-order valence-corrected chi connectivity index (χ4v) is 3.35. The van der Waals surface area contributed by atoms with Crippen molar-refractivity contribution in [1.82, 2.24) is 10.3 Å². The van der Waals surface area contributed by atoms with Gasteiger partial charge in [0.2, 0.25) is 0 Å². The van der Waals surface area contributed by atoms with Crippen molar-refractivity contribution in [2.45, 2.75) is 6.61 Å². The smallest absolute Gasteiger partial charge is 0.325 e. The molecule has 0 bridgehead atoms. The molecule has 1 N–H and O–H groups in total. The van der Waals surface area contributed by atoms with Crippen LogP contribution in [0.3, 0.4) is 0 Å².